The number of nitrogens with zero attached hydrogens (tertiary/aromatic N) is 1. The number of rotatable bonds is 6. The van der Waals surface area contributed by atoms with Gasteiger partial charge < -0.3 is 20.1 Å². The molecule has 0 saturated heterocycles. The van der Waals surface area contributed by atoms with Gasteiger partial charge in [-0.1, -0.05) is 6.07 Å². The molecule has 2 atom stereocenters. The molecule has 0 saturated carbocycles. The molecule has 0 aliphatic rings. The Labute approximate surface area is 124 Å². The lowest BCUT2D eigenvalue weighted by Crippen LogP contribution is -2.39. The molecule has 21 heavy (non-hydrogen) atoms. The molecule has 0 bridgehead atoms. The number of hydrogen-bond donors (Lipinski definition) is 2. The summed E-state index contributed by atoms with van der Waals surface area (Å²) in [6.45, 7) is 3.91. The van der Waals surface area contributed by atoms with E-state index < -0.39 is 11.9 Å². The minimum absolute atomic E-state index is 0.173. The minimum atomic E-state index is -0.460. The number of carbonyl (C=O) groups is 1. The van der Waals surface area contributed by atoms with Gasteiger partial charge in [0.15, 0.2) is 11.6 Å². The van der Waals surface area contributed by atoms with Gasteiger partial charge in [-0.15, -0.1) is 0 Å². The Morgan fingerprint density at radius 1 is 1.48 bits per heavy atom. The predicted octanol–water partition coefficient (Wildman–Crippen LogP) is 2.31. The smallest absolute Gasteiger partial charge is 0.317 e. The van der Waals surface area contributed by atoms with Crippen LogP contribution >= 0.6 is 0 Å². The maximum Gasteiger partial charge on any atom is 0.317 e. The molecule has 2 N–H and O–H groups in total. The highest BCUT2D eigenvalue weighted by Crippen LogP contribution is 2.21. The Morgan fingerprint density at radius 3 is 2.67 bits per heavy atom. The van der Waals surface area contributed by atoms with Gasteiger partial charge in [-0.2, -0.15) is 0 Å². The third-order valence-electron chi connectivity index (χ3n) is 3.24. The molecule has 0 fully saturated rings. The number of nitrogens with one attached hydrogen (secondary N) is 1. The van der Waals surface area contributed by atoms with Crippen molar-refractivity contribution < 1.29 is 19.0 Å². The van der Waals surface area contributed by atoms with Gasteiger partial charge >= 0.3 is 6.03 Å². The summed E-state index contributed by atoms with van der Waals surface area (Å²) in [6.07, 6.45) is 0.0588. The summed E-state index contributed by atoms with van der Waals surface area (Å²) >= 11 is 0. The van der Waals surface area contributed by atoms with E-state index in [0.717, 1.165) is 0 Å². The highest BCUT2D eigenvalue weighted by molar-refractivity contribution is 5.74. The fourth-order valence-corrected chi connectivity index (χ4v) is 1.81. The van der Waals surface area contributed by atoms with Crippen molar-refractivity contribution in [2.24, 2.45) is 0 Å². The number of benzene rings is 1. The first kappa shape index (κ1) is 17.2. The van der Waals surface area contributed by atoms with Crippen LogP contribution in [-0.4, -0.2) is 42.8 Å². The molecule has 0 aliphatic carbocycles. The topological polar surface area (TPSA) is 61.8 Å². The molecule has 5 nitrogen and oxygen atoms in total. The Bertz CT molecular complexity index is 480. The normalized spacial score (nSPS) is 13.4. The molecule has 118 valence electrons. The average molecular weight is 298 g/mol. The zero-order valence-electron chi connectivity index (χ0n) is 12.9. The second kappa shape index (κ2) is 7.83. The highest BCUT2D eigenvalue weighted by Gasteiger charge is 2.15. The van der Waals surface area contributed by atoms with Crippen molar-refractivity contribution >= 4 is 6.03 Å². The van der Waals surface area contributed by atoms with E-state index in [-0.39, 0.29) is 17.8 Å². The van der Waals surface area contributed by atoms with Gasteiger partial charge in [-0.25, -0.2) is 9.18 Å². The van der Waals surface area contributed by atoms with E-state index in [1.165, 1.54) is 24.1 Å². The predicted molar refractivity (Wildman–Crippen MR) is 78.8 cm³/mol. The van der Waals surface area contributed by atoms with Crippen molar-refractivity contribution in [2.45, 2.75) is 32.4 Å². The molecule has 0 aromatic heterocycles. The lowest BCUT2D eigenvalue weighted by molar-refractivity contribution is 0.162. The number of hydrogen-bond acceptors (Lipinski definition) is 3. The van der Waals surface area contributed by atoms with Crippen LogP contribution in [0, 0.1) is 5.82 Å². The van der Waals surface area contributed by atoms with E-state index in [0.29, 0.717) is 18.5 Å². The number of halogens is 1. The van der Waals surface area contributed by atoms with Crippen LogP contribution in [0.1, 0.15) is 31.9 Å². The van der Waals surface area contributed by atoms with Crippen LogP contribution in [-0.2, 0) is 0 Å². The largest absolute Gasteiger partial charge is 0.494 e. The number of carbonyl (C=O) groups excluding carboxylic acids is 1. The molecule has 0 aliphatic heterocycles. The van der Waals surface area contributed by atoms with Crippen LogP contribution in [0.15, 0.2) is 18.2 Å². The summed E-state index contributed by atoms with van der Waals surface area (Å²) in [4.78, 5) is 13.5. The maximum atomic E-state index is 13.6. The Hall–Kier alpha value is -1.82. The third kappa shape index (κ3) is 5.23. The van der Waals surface area contributed by atoms with Gasteiger partial charge in [0.2, 0.25) is 0 Å². The zero-order valence-corrected chi connectivity index (χ0v) is 12.9. The van der Waals surface area contributed by atoms with Gasteiger partial charge in [0, 0.05) is 13.6 Å². The van der Waals surface area contributed by atoms with Crippen molar-refractivity contribution in [3.63, 3.8) is 0 Å². The number of aliphatic hydroxyl groups is 1. The van der Waals surface area contributed by atoms with Crippen molar-refractivity contribution in [2.75, 3.05) is 20.7 Å². The molecular formula is C15H23FN2O3. The van der Waals surface area contributed by atoms with Crippen LogP contribution in [0.3, 0.4) is 0 Å². The first-order valence-corrected chi connectivity index (χ1v) is 6.88. The highest BCUT2D eigenvalue weighted by atomic mass is 19.1. The number of urea groups is 1. The Kier molecular flexibility index (Phi) is 6.42. The zero-order chi connectivity index (χ0) is 16.0. The molecule has 0 spiro atoms. The summed E-state index contributed by atoms with van der Waals surface area (Å²) in [5.74, 6) is -0.287. The van der Waals surface area contributed by atoms with Crippen molar-refractivity contribution in [1.82, 2.24) is 10.2 Å². The molecule has 6 heteroatoms. The van der Waals surface area contributed by atoms with Gasteiger partial charge in [-0.05, 0) is 38.0 Å². The number of amides is 2. The lowest BCUT2D eigenvalue weighted by atomic mass is 10.1. The maximum absolute atomic E-state index is 13.6. The second-order valence-corrected chi connectivity index (χ2v) is 5.12. The number of aliphatic hydroxyl groups excluding tert-OH is 1. The molecule has 0 radical (unpaired) electrons. The van der Waals surface area contributed by atoms with Crippen LogP contribution in [0.5, 0.6) is 5.75 Å². The van der Waals surface area contributed by atoms with E-state index in [1.54, 1.807) is 27.0 Å². The quantitative estimate of drug-likeness (QED) is 0.847. The fourth-order valence-electron chi connectivity index (χ4n) is 1.81. The van der Waals surface area contributed by atoms with Gasteiger partial charge in [0.1, 0.15) is 0 Å². The fraction of sp³-hybridized carbons (Fsp3) is 0.533. The lowest BCUT2D eigenvalue weighted by Gasteiger charge is -2.22. The monoisotopic (exact) mass is 298 g/mol. The second-order valence-electron chi connectivity index (χ2n) is 5.12. The number of ether oxygens (including phenoxy) is 1. The summed E-state index contributed by atoms with van der Waals surface area (Å²) < 4.78 is 18.5. The summed E-state index contributed by atoms with van der Waals surface area (Å²) in [5, 5.41) is 12.0. The minimum Gasteiger partial charge on any atom is -0.494 e. The van der Waals surface area contributed by atoms with Gasteiger partial charge in [0.05, 0.1) is 19.3 Å². The van der Waals surface area contributed by atoms with E-state index >= 15 is 0 Å². The molecular weight excluding hydrogens is 275 g/mol. The Balaban J connectivity index is 2.61. The van der Waals surface area contributed by atoms with E-state index in [4.69, 9.17) is 4.74 Å². The molecule has 2 unspecified atom stereocenters. The van der Waals surface area contributed by atoms with Crippen LogP contribution < -0.4 is 10.1 Å². The van der Waals surface area contributed by atoms with Gasteiger partial charge in [-0.3, -0.25) is 0 Å². The molecule has 2 amide bonds. The first-order valence-electron chi connectivity index (χ1n) is 6.88. The summed E-state index contributed by atoms with van der Waals surface area (Å²) in [5.41, 5.74) is 0.658. The SMILES string of the molecule is COc1ccc(C(C)NC(=O)N(C)CCC(C)O)cc1F. The van der Waals surface area contributed by atoms with Gasteiger partial charge in [0.25, 0.3) is 0 Å². The van der Waals surface area contributed by atoms with Crippen molar-refractivity contribution in [1.29, 1.82) is 0 Å². The van der Waals surface area contributed by atoms with Crippen molar-refractivity contribution in [3.8, 4) is 5.75 Å². The van der Waals surface area contributed by atoms with E-state index in [2.05, 4.69) is 5.32 Å². The van der Waals surface area contributed by atoms with Crippen LogP contribution in [0.2, 0.25) is 0 Å². The Morgan fingerprint density at radius 2 is 2.14 bits per heavy atom. The number of methoxy groups -OCH3 is 1. The van der Waals surface area contributed by atoms with Crippen LogP contribution in [0.25, 0.3) is 0 Å². The molecule has 1 rings (SSSR count). The van der Waals surface area contributed by atoms with E-state index in [9.17, 15) is 14.3 Å². The van der Waals surface area contributed by atoms with Crippen molar-refractivity contribution in [3.05, 3.63) is 29.6 Å². The average Bonchev–Trinajstić information content (AvgIpc) is 2.44. The first-order chi connectivity index (χ1) is 9.85. The third-order valence-corrected chi connectivity index (χ3v) is 3.24. The summed E-state index contributed by atoms with van der Waals surface area (Å²) in [6, 6.07) is 4.00. The molecule has 0 heterocycles. The standard InChI is InChI=1S/C15H23FN2O3/c1-10(19)7-8-18(3)15(20)17-11(2)12-5-6-14(21-4)13(16)9-12/h5-6,9-11,19H,7-8H2,1-4H3,(H,17,20). The summed E-state index contributed by atoms with van der Waals surface area (Å²) in [7, 11) is 3.06. The molecule has 1 aromatic carbocycles. The molecule has 1 aromatic rings. The van der Waals surface area contributed by atoms with E-state index in [1.807, 2.05) is 0 Å². The van der Waals surface area contributed by atoms with Crippen LogP contribution in [0.4, 0.5) is 9.18 Å².